The van der Waals surface area contributed by atoms with Gasteiger partial charge in [0.25, 0.3) is 11.5 Å². The van der Waals surface area contributed by atoms with E-state index >= 15 is 0 Å². The molecule has 0 unspecified atom stereocenters. The molecular weight excluding hydrogens is 392 g/mol. The van der Waals surface area contributed by atoms with E-state index in [0.29, 0.717) is 44.2 Å². The number of amides is 1. The number of nitrogens with one attached hydrogen (secondary N) is 1. The third kappa shape index (κ3) is 3.90. The Morgan fingerprint density at radius 3 is 2.74 bits per heavy atom. The lowest BCUT2D eigenvalue weighted by molar-refractivity contribution is 0.0594. The number of carbonyl (C=O) groups is 1. The summed E-state index contributed by atoms with van der Waals surface area (Å²) in [5.74, 6) is 1.42. The Balaban J connectivity index is 1.34. The smallest absolute Gasteiger partial charge is 0.255 e. The predicted octanol–water partition coefficient (Wildman–Crippen LogP) is 1.86. The van der Waals surface area contributed by atoms with Gasteiger partial charge < -0.3 is 14.5 Å². The lowest BCUT2D eigenvalue weighted by Crippen LogP contribution is -2.49. The second kappa shape index (κ2) is 8.11. The maximum absolute atomic E-state index is 13.2. The maximum Gasteiger partial charge on any atom is 0.255 e. The molecule has 0 aliphatic carbocycles. The summed E-state index contributed by atoms with van der Waals surface area (Å²) in [5, 5.41) is 0. The fourth-order valence-corrected chi connectivity index (χ4v) is 4.94. The summed E-state index contributed by atoms with van der Waals surface area (Å²) in [6, 6.07) is 7.56. The highest BCUT2D eigenvalue weighted by atomic mass is 16.2. The summed E-state index contributed by atoms with van der Waals surface area (Å²) >= 11 is 0. The van der Waals surface area contributed by atoms with Gasteiger partial charge in [-0.2, -0.15) is 0 Å². The summed E-state index contributed by atoms with van der Waals surface area (Å²) in [6.07, 6.45) is 7.86. The van der Waals surface area contributed by atoms with Gasteiger partial charge >= 0.3 is 0 Å². The highest BCUT2D eigenvalue weighted by Crippen LogP contribution is 2.35. The first-order valence-electron chi connectivity index (χ1n) is 10.7. The van der Waals surface area contributed by atoms with Crippen molar-refractivity contribution in [2.75, 3.05) is 20.1 Å². The molecule has 0 spiro atoms. The Kier molecular flexibility index (Phi) is 5.15. The van der Waals surface area contributed by atoms with Crippen LogP contribution in [0.25, 0.3) is 0 Å². The van der Waals surface area contributed by atoms with Crippen LogP contribution in [0.3, 0.4) is 0 Å². The van der Waals surface area contributed by atoms with Crippen LogP contribution in [0.15, 0.2) is 53.8 Å². The van der Waals surface area contributed by atoms with Crippen molar-refractivity contribution in [2.45, 2.75) is 32.0 Å². The second-order valence-electron chi connectivity index (χ2n) is 8.65. The van der Waals surface area contributed by atoms with Gasteiger partial charge in [0.1, 0.15) is 5.82 Å². The molecule has 1 saturated heterocycles. The molecular formula is C23H26N6O2. The lowest BCUT2D eigenvalue weighted by Gasteiger charge is -2.43. The first kappa shape index (κ1) is 19.7. The van der Waals surface area contributed by atoms with Crippen LogP contribution in [0.4, 0.5) is 0 Å². The average molecular weight is 419 g/mol. The van der Waals surface area contributed by atoms with Gasteiger partial charge in [-0.15, -0.1) is 0 Å². The number of imidazole rings is 1. The topological polar surface area (TPSA) is 87.1 Å². The van der Waals surface area contributed by atoms with E-state index in [1.165, 1.54) is 0 Å². The molecule has 1 N–H and O–H groups in total. The maximum atomic E-state index is 13.2. The number of nitrogens with zero attached hydrogens (tertiary/aromatic N) is 5. The summed E-state index contributed by atoms with van der Waals surface area (Å²) in [4.78, 5) is 41.6. The normalized spacial score (nSPS) is 20.0. The molecule has 31 heavy (non-hydrogen) atoms. The second-order valence-corrected chi connectivity index (χ2v) is 8.65. The van der Waals surface area contributed by atoms with Crippen molar-refractivity contribution in [2.24, 2.45) is 5.92 Å². The molecule has 3 aromatic heterocycles. The van der Waals surface area contributed by atoms with Crippen molar-refractivity contribution in [3.05, 3.63) is 82.1 Å². The summed E-state index contributed by atoms with van der Waals surface area (Å²) in [5.41, 5.74) is 2.60. The molecule has 8 nitrogen and oxygen atoms in total. The molecule has 2 aliphatic heterocycles. The van der Waals surface area contributed by atoms with Crippen LogP contribution in [0.1, 0.15) is 39.8 Å². The monoisotopic (exact) mass is 418 g/mol. The minimum absolute atomic E-state index is 0.0454. The largest absolute Gasteiger partial charge is 0.348 e. The summed E-state index contributed by atoms with van der Waals surface area (Å²) < 4.78 is 1.95. The third-order valence-corrected chi connectivity index (χ3v) is 6.31. The van der Waals surface area contributed by atoms with Crippen molar-refractivity contribution in [1.29, 1.82) is 0 Å². The average Bonchev–Trinajstić information content (AvgIpc) is 3.29. The quantitative estimate of drug-likeness (QED) is 0.683. The predicted molar refractivity (Wildman–Crippen MR) is 115 cm³/mol. The third-order valence-electron chi connectivity index (χ3n) is 6.31. The van der Waals surface area contributed by atoms with Gasteiger partial charge in [0.2, 0.25) is 0 Å². The molecule has 0 aromatic carbocycles. The minimum atomic E-state index is 0.0454. The van der Waals surface area contributed by atoms with Crippen LogP contribution < -0.4 is 5.56 Å². The van der Waals surface area contributed by atoms with Gasteiger partial charge in [0.15, 0.2) is 0 Å². The molecule has 3 aromatic rings. The zero-order valence-electron chi connectivity index (χ0n) is 17.6. The SMILES string of the molecule is CN(Cc1ncc[nH]1)Cc1ccc2n(c1=O)C[C@H]1C[C@@H]2CN(C(=O)c2ccncc2)C1. The molecule has 8 heteroatoms. The number of hydrogen-bond donors (Lipinski definition) is 1. The molecule has 2 atom stereocenters. The number of aromatic nitrogens is 4. The number of likely N-dealkylation sites (tertiary alicyclic amines) is 1. The first-order chi connectivity index (χ1) is 15.1. The Morgan fingerprint density at radius 1 is 1.13 bits per heavy atom. The molecule has 160 valence electrons. The van der Waals surface area contributed by atoms with Crippen molar-refractivity contribution in [3.8, 4) is 0 Å². The number of hydrogen-bond acceptors (Lipinski definition) is 5. The number of carbonyl (C=O) groups excluding carboxylic acids is 1. The number of aromatic amines is 1. The van der Waals surface area contributed by atoms with E-state index in [4.69, 9.17) is 0 Å². The van der Waals surface area contributed by atoms with Gasteiger partial charge in [-0.1, -0.05) is 6.07 Å². The number of piperidine rings is 1. The standard InChI is InChI=1S/C23H26N6O2/c1-27(15-21-25-8-9-26-21)13-18-2-3-20-19-10-16(12-29(20)23(18)31)11-28(14-19)22(30)17-4-6-24-7-5-17/h2-9,16,19H,10-15H2,1H3,(H,25,26)/t16-,19+/m0/s1. The highest BCUT2D eigenvalue weighted by Gasteiger charge is 2.36. The number of pyridine rings is 2. The van der Waals surface area contributed by atoms with E-state index in [1.807, 2.05) is 22.6 Å². The highest BCUT2D eigenvalue weighted by molar-refractivity contribution is 5.94. The number of rotatable bonds is 5. The number of fused-ring (bicyclic) bond motifs is 4. The van der Waals surface area contributed by atoms with E-state index in [-0.39, 0.29) is 17.4 Å². The van der Waals surface area contributed by atoms with Crippen molar-refractivity contribution in [3.63, 3.8) is 0 Å². The molecule has 5 rings (SSSR count). The Morgan fingerprint density at radius 2 is 1.97 bits per heavy atom. The van der Waals surface area contributed by atoms with Crippen LogP contribution in [0.5, 0.6) is 0 Å². The van der Waals surface area contributed by atoms with Gasteiger partial charge in [0, 0.05) is 73.7 Å². The molecule has 1 amide bonds. The van der Waals surface area contributed by atoms with Gasteiger partial charge in [0.05, 0.1) is 6.54 Å². The Hall–Kier alpha value is -3.26. The lowest BCUT2D eigenvalue weighted by atomic mass is 9.82. The minimum Gasteiger partial charge on any atom is -0.348 e. The first-order valence-corrected chi connectivity index (χ1v) is 10.7. The molecule has 0 radical (unpaired) electrons. The van der Waals surface area contributed by atoms with Crippen LogP contribution in [-0.4, -0.2) is 55.4 Å². The molecule has 2 bridgehead atoms. The molecule has 0 saturated carbocycles. The van der Waals surface area contributed by atoms with Crippen LogP contribution in [0.2, 0.25) is 0 Å². The van der Waals surface area contributed by atoms with Crippen molar-refractivity contribution >= 4 is 5.91 Å². The fraction of sp³-hybridized carbons (Fsp3) is 0.391. The van der Waals surface area contributed by atoms with Crippen LogP contribution in [0, 0.1) is 5.92 Å². The molecule has 2 aliphatic rings. The zero-order chi connectivity index (χ0) is 21.4. The van der Waals surface area contributed by atoms with Crippen LogP contribution >= 0.6 is 0 Å². The fourth-order valence-electron chi connectivity index (χ4n) is 4.94. The van der Waals surface area contributed by atoms with Crippen molar-refractivity contribution < 1.29 is 4.79 Å². The Labute approximate surface area is 180 Å². The van der Waals surface area contributed by atoms with E-state index in [2.05, 4.69) is 25.9 Å². The van der Waals surface area contributed by atoms with E-state index in [0.717, 1.165) is 23.5 Å². The summed E-state index contributed by atoms with van der Waals surface area (Å²) in [6.45, 7) is 3.23. The van der Waals surface area contributed by atoms with Gasteiger partial charge in [-0.25, -0.2) is 4.98 Å². The van der Waals surface area contributed by atoms with E-state index in [1.54, 1.807) is 36.9 Å². The van der Waals surface area contributed by atoms with E-state index in [9.17, 15) is 9.59 Å². The number of H-pyrrole nitrogens is 1. The van der Waals surface area contributed by atoms with E-state index < -0.39 is 0 Å². The summed E-state index contributed by atoms with van der Waals surface area (Å²) in [7, 11) is 1.99. The Bertz CT molecular complexity index is 1120. The van der Waals surface area contributed by atoms with Gasteiger partial charge in [-0.05, 0) is 37.6 Å². The zero-order valence-corrected chi connectivity index (χ0v) is 17.6. The molecule has 5 heterocycles. The van der Waals surface area contributed by atoms with Crippen molar-refractivity contribution in [1.82, 2.24) is 29.3 Å². The van der Waals surface area contributed by atoms with Gasteiger partial charge in [-0.3, -0.25) is 19.5 Å². The van der Waals surface area contributed by atoms with Crippen LogP contribution in [-0.2, 0) is 19.6 Å². The molecule has 1 fully saturated rings.